The Morgan fingerprint density at radius 1 is 1.45 bits per heavy atom. The number of halogens is 1. The van der Waals surface area contributed by atoms with Crippen LogP contribution in [0.3, 0.4) is 0 Å². The van der Waals surface area contributed by atoms with Crippen molar-refractivity contribution in [3.8, 4) is 5.75 Å². The van der Waals surface area contributed by atoms with E-state index in [0.717, 1.165) is 5.56 Å². The smallest absolute Gasteiger partial charge is 0.258 e. The summed E-state index contributed by atoms with van der Waals surface area (Å²) in [5, 5.41) is 6.46. The minimum absolute atomic E-state index is 0.0353. The fourth-order valence-corrected chi connectivity index (χ4v) is 1.96. The average Bonchev–Trinajstić information content (AvgIpc) is 2.38. The number of amides is 1. The fraction of sp³-hybridized carbons (Fsp3) is 0.500. The first-order valence-corrected chi connectivity index (χ1v) is 6.78. The van der Waals surface area contributed by atoms with Crippen LogP contribution in [0.4, 0.5) is 0 Å². The lowest BCUT2D eigenvalue weighted by molar-refractivity contribution is -0.124. The predicted octanol–water partition coefficient (Wildman–Crippen LogP) is 1.59. The van der Waals surface area contributed by atoms with E-state index < -0.39 is 0 Å². The molecule has 0 aliphatic rings. The van der Waals surface area contributed by atoms with E-state index in [2.05, 4.69) is 10.6 Å². The highest BCUT2D eigenvalue weighted by atomic mass is 35.5. The maximum atomic E-state index is 11.7. The summed E-state index contributed by atoms with van der Waals surface area (Å²) in [6.45, 7) is 2.93. The molecule has 0 spiro atoms. The summed E-state index contributed by atoms with van der Waals surface area (Å²) in [4.78, 5) is 11.7. The van der Waals surface area contributed by atoms with E-state index in [0.29, 0.717) is 23.9 Å². The van der Waals surface area contributed by atoms with Crippen LogP contribution in [0.1, 0.15) is 12.5 Å². The second-order valence-electron chi connectivity index (χ2n) is 4.49. The van der Waals surface area contributed by atoms with E-state index >= 15 is 0 Å². The number of hydrogen-bond donors (Lipinski definition) is 2. The maximum absolute atomic E-state index is 11.7. The first-order chi connectivity index (χ1) is 9.56. The Hall–Kier alpha value is -1.30. The average molecular weight is 301 g/mol. The molecule has 6 heteroatoms. The van der Waals surface area contributed by atoms with Gasteiger partial charge in [0.15, 0.2) is 6.61 Å². The second kappa shape index (κ2) is 8.79. The van der Waals surface area contributed by atoms with Crippen LogP contribution in [0, 0.1) is 0 Å². The predicted molar refractivity (Wildman–Crippen MR) is 79.2 cm³/mol. The monoisotopic (exact) mass is 300 g/mol. The zero-order valence-electron chi connectivity index (χ0n) is 12.0. The SMILES string of the molecule is CNCc1cc(Cl)ccc1OCC(=O)NC(C)COC. The summed E-state index contributed by atoms with van der Waals surface area (Å²) in [7, 11) is 3.43. The first-order valence-electron chi connectivity index (χ1n) is 6.41. The molecule has 0 aromatic heterocycles. The largest absolute Gasteiger partial charge is 0.483 e. The third-order valence-electron chi connectivity index (χ3n) is 2.57. The van der Waals surface area contributed by atoms with Gasteiger partial charge in [0.05, 0.1) is 6.61 Å². The molecule has 112 valence electrons. The molecule has 0 radical (unpaired) electrons. The van der Waals surface area contributed by atoms with Crippen molar-refractivity contribution in [1.82, 2.24) is 10.6 Å². The van der Waals surface area contributed by atoms with Crippen LogP contribution < -0.4 is 15.4 Å². The molecule has 0 saturated carbocycles. The number of carbonyl (C=O) groups is 1. The molecule has 0 aliphatic heterocycles. The molecule has 5 nitrogen and oxygen atoms in total. The molecule has 0 saturated heterocycles. The highest BCUT2D eigenvalue weighted by Gasteiger charge is 2.10. The quantitative estimate of drug-likeness (QED) is 0.765. The van der Waals surface area contributed by atoms with E-state index in [9.17, 15) is 4.79 Å². The van der Waals surface area contributed by atoms with Crippen LogP contribution in [0.15, 0.2) is 18.2 Å². The van der Waals surface area contributed by atoms with Gasteiger partial charge in [0.25, 0.3) is 5.91 Å². The lowest BCUT2D eigenvalue weighted by Crippen LogP contribution is -2.38. The van der Waals surface area contributed by atoms with Gasteiger partial charge in [-0.1, -0.05) is 11.6 Å². The molecule has 0 heterocycles. The minimum Gasteiger partial charge on any atom is -0.483 e. The lowest BCUT2D eigenvalue weighted by atomic mass is 10.2. The molecule has 1 atom stereocenters. The highest BCUT2D eigenvalue weighted by Crippen LogP contribution is 2.22. The molecule has 20 heavy (non-hydrogen) atoms. The summed E-state index contributed by atoms with van der Waals surface area (Å²) in [5.41, 5.74) is 0.915. The summed E-state index contributed by atoms with van der Waals surface area (Å²) < 4.78 is 10.5. The molecular weight excluding hydrogens is 280 g/mol. The molecule has 2 N–H and O–H groups in total. The Morgan fingerprint density at radius 3 is 2.85 bits per heavy atom. The van der Waals surface area contributed by atoms with Crippen LogP contribution in [0.25, 0.3) is 0 Å². The van der Waals surface area contributed by atoms with Crippen LogP contribution in [0.2, 0.25) is 5.02 Å². The molecule has 1 rings (SSSR count). The number of methoxy groups -OCH3 is 1. The number of rotatable bonds is 8. The van der Waals surface area contributed by atoms with Crippen molar-refractivity contribution in [3.63, 3.8) is 0 Å². The van der Waals surface area contributed by atoms with Crippen LogP contribution >= 0.6 is 11.6 Å². The van der Waals surface area contributed by atoms with Gasteiger partial charge in [-0.15, -0.1) is 0 Å². The van der Waals surface area contributed by atoms with Crippen molar-refractivity contribution in [2.75, 3.05) is 27.4 Å². The molecule has 1 amide bonds. The van der Waals surface area contributed by atoms with Gasteiger partial charge in [0.2, 0.25) is 0 Å². The van der Waals surface area contributed by atoms with Crippen LogP contribution in [0.5, 0.6) is 5.75 Å². The Labute approximate surface area is 124 Å². The zero-order chi connectivity index (χ0) is 15.0. The van der Waals surface area contributed by atoms with Crippen molar-refractivity contribution < 1.29 is 14.3 Å². The maximum Gasteiger partial charge on any atom is 0.258 e. The van der Waals surface area contributed by atoms with Crippen molar-refractivity contribution in [2.24, 2.45) is 0 Å². The molecule has 0 bridgehead atoms. The first kappa shape index (κ1) is 16.8. The Bertz CT molecular complexity index is 440. The van der Waals surface area contributed by atoms with Crippen LogP contribution in [-0.2, 0) is 16.1 Å². The zero-order valence-corrected chi connectivity index (χ0v) is 12.8. The van der Waals surface area contributed by atoms with E-state index in [1.165, 1.54) is 0 Å². The van der Waals surface area contributed by atoms with Gasteiger partial charge < -0.3 is 20.1 Å². The van der Waals surface area contributed by atoms with E-state index in [1.807, 2.05) is 20.0 Å². The van der Waals surface area contributed by atoms with Gasteiger partial charge in [0, 0.05) is 30.3 Å². The van der Waals surface area contributed by atoms with Gasteiger partial charge in [-0.3, -0.25) is 4.79 Å². The summed E-state index contributed by atoms with van der Waals surface area (Å²) in [6.07, 6.45) is 0. The molecule has 1 aromatic rings. The normalized spacial score (nSPS) is 12.0. The summed E-state index contributed by atoms with van der Waals surface area (Å²) >= 11 is 5.94. The van der Waals surface area contributed by atoms with E-state index in [1.54, 1.807) is 19.2 Å². The summed E-state index contributed by atoms with van der Waals surface area (Å²) in [5.74, 6) is 0.471. The van der Waals surface area contributed by atoms with Gasteiger partial charge >= 0.3 is 0 Å². The van der Waals surface area contributed by atoms with Crippen LogP contribution in [-0.4, -0.2) is 39.3 Å². The third kappa shape index (κ3) is 5.77. The molecule has 0 aliphatic carbocycles. The van der Waals surface area contributed by atoms with E-state index in [4.69, 9.17) is 21.1 Å². The second-order valence-corrected chi connectivity index (χ2v) is 4.93. The number of nitrogens with one attached hydrogen (secondary N) is 2. The Morgan fingerprint density at radius 2 is 2.20 bits per heavy atom. The standard InChI is InChI=1S/C14H21ClN2O3/c1-10(8-19-3)17-14(18)9-20-13-5-4-12(15)6-11(13)7-16-2/h4-6,10,16H,7-9H2,1-3H3,(H,17,18). The van der Waals surface area contributed by atoms with Crippen molar-refractivity contribution in [3.05, 3.63) is 28.8 Å². The van der Waals surface area contributed by atoms with Gasteiger partial charge in [-0.2, -0.15) is 0 Å². The topological polar surface area (TPSA) is 59.6 Å². The van der Waals surface area contributed by atoms with Gasteiger partial charge in [0.1, 0.15) is 5.75 Å². The third-order valence-corrected chi connectivity index (χ3v) is 2.81. The van der Waals surface area contributed by atoms with Crippen molar-refractivity contribution >= 4 is 17.5 Å². The molecule has 1 unspecified atom stereocenters. The lowest BCUT2D eigenvalue weighted by Gasteiger charge is -2.15. The number of ether oxygens (including phenoxy) is 2. The highest BCUT2D eigenvalue weighted by molar-refractivity contribution is 6.30. The van der Waals surface area contributed by atoms with Crippen molar-refractivity contribution in [2.45, 2.75) is 19.5 Å². The number of benzene rings is 1. The Balaban J connectivity index is 2.54. The molecular formula is C14H21ClN2O3. The number of hydrogen-bond acceptors (Lipinski definition) is 4. The van der Waals surface area contributed by atoms with Crippen molar-refractivity contribution in [1.29, 1.82) is 0 Å². The molecule has 0 fully saturated rings. The van der Waals surface area contributed by atoms with Gasteiger partial charge in [-0.25, -0.2) is 0 Å². The van der Waals surface area contributed by atoms with Gasteiger partial charge in [-0.05, 0) is 32.2 Å². The minimum atomic E-state index is -0.181. The fourth-order valence-electron chi connectivity index (χ4n) is 1.77. The Kier molecular flexibility index (Phi) is 7.36. The number of carbonyl (C=O) groups excluding carboxylic acids is 1. The van der Waals surface area contributed by atoms with E-state index in [-0.39, 0.29) is 18.6 Å². The molecule has 1 aromatic carbocycles. The summed E-state index contributed by atoms with van der Waals surface area (Å²) in [6, 6.07) is 5.28.